The smallest absolute Gasteiger partial charge is 0.263 e. The molecule has 0 saturated carbocycles. The van der Waals surface area contributed by atoms with Crippen LogP contribution in [0.2, 0.25) is 0 Å². The number of anilines is 1. The van der Waals surface area contributed by atoms with Crippen LogP contribution in [0, 0.1) is 11.2 Å². The highest BCUT2D eigenvalue weighted by atomic mass is 32.2. The molecule has 7 nitrogen and oxygen atoms in total. The highest BCUT2D eigenvalue weighted by Gasteiger charge is 2.18. The highest BCUT2D eigenvalue weighted by Crippen LogP contribution is 2.17. The first kappa shape index (κ1) is 13.0. The highest BCUT2D eigenvalue weighted by molar-refractivity contribution is 7.92. The number of rotatable bonds is 4. The zero-order chi connectivity index (χ0) is 14.0. The Kier molecular flexibility index (Phi) is 3.21. The Morgan fingerprint density at radius 1 is 1.37 bits per heavy atom. The van der Waals surface area contributed by atoms with Gasteiger partial charge in [0.2, 0.25) is 0 Å². The third-order valence-corrected chi connectivity index (χ3v) is 3.66. The van der Waals surface area contributed by atoms with Gasteiger partial charge >= 0.3 is 0 Å². The summed E-state index contributed by atoms with van der Waals surface area (Å²) in [7, 11) is -3.90. The minimum atomic E-state index is -3.90. The molecule has 100 valence electrons. The average molecular weight is 283 g/mol. The number of nitrogens with one attached hydrogen (secondary N) is 3. The van der Waals surface area contributed by atoms with E-state index < -0.39 is 15.8 Å². The topological polar surface area (TPSA) is 125 Å². The Morgan fingerprint density at radius 2 is 2.00 bits per heavy atom. The number of benzene rings is 1. The van der Waals surface area contributed by atoms with E-state index in [2.05, 4.69) is 14.9 Å². The molecule has 0 fully saturated rings. The molecule has 1 aromatic carbocycles. The Balaban J connectivity index is 2.34. The van der Waals surface area contributed by atoms with E-state index in [0.29, 0.717) is 0 Å². The number of nitrogen functional groups attached to an aromatic ring is 1. The molecule has 0 aliphatic heterocycles. The summed E-state index contributed by atoms with van der Waals surface area (Å²) in [5.74, 6) is -0.882. The number of hydrogen-bond donors (Lipinski definition) is 4. The summed E-state index contributed by atoms with van der Waals surface area (Å²) in [5.41, 5.74) is 5.41. The average Bonchev–Trinajstić information content (AvgIpc) is 2.77. The quantitative estimate of drug-likeness (QED) is 0.485. The minimum Gasteiger partial charge on any atom is -0.384 e. The Bertz CT molecular complexity index is 708. The summed E-state index contributed by atoms with van der Waals surface area (Å²) in [6, 6.07) is 4.32. The van der Waals surface area contributed by atoms with Gasteiger partial charge in [-0.1, -0.05) is 0 Å². The summed E-state index contributed by atoms with van der Waals surface area (Å²) in [4.78, 5) is -0.113. The minimum absolute atomic E-state index is 0.0168. The predicted octanol–water partition coefficient (Wildman–Crippen LogP) is 0.634. The van der Waals surface area contributed by atoms with Crippen molar-refractivity contribution in [2.75, 3.05) is 4.72 Å². The third kappa shape index (κ3) is 2.71. The van der Waals surface area contributed by atoms with Crippen LogP contribution in [0.1, 0.15) is 5.56 Å². The van der Waals surface area contributed by atoms with Crippen molar-refractivity contribution in [3.05, 3.63) is 41.8 Å². The van der Waals surface area contributed by atoms with Crippen LogP contribution in [0.3, 0.4) is 0 Å². The van der Waals surface area contributed by atoms with Gasteiger partial charge in [-0.15, -0.1) is 0 Å². The van der Waals surface area contributed by atoms with Crippen molar-refractivity contribution in [1.29, 1.82) is 5.41 Å². The number of hydrogen-bond acceptors (Lipinski definition) is 4. The van der Waals surface area contributed by atoms with E-state index in [-0.39, 0.29) is 22.1 Å². The van der Waals surface area contributed by atoms with Gasteiger partial charge < -0.3 is 5.73 Å². The Hall–Kier alpha value is -2.42. The number of nitrogens with two attached hydrogens (primary N) is 1. The second-order valence-electron chi connectivity index (χ2n) is 3.63. The van der Waals surface area contributed by atoms with Gasteiger partial charge in [0.25, 0.3) is 10.0 Å². The van der Waals surface area contributed by atoms with Crippen molar-refractivity contribution in [3.63, 3.8) is 0 Å². The number of aromatic nitrogens is 2. The predicted molar refractivity (Wildman–Crippen MR) is 66.8 cm³/mol. The van der Waals surface area contributed by atoms with Gasteiger partial charge in [0.05, 0.1) is 16.7 Å². The van der Waals surface area contributed by atoms with Crippen molar-refractivity contribution < 1.29 is 12.8 Å². The monoisotopic (exact) mass is 283 g/mol. The lowest BCUT2D eigenvalue weighted by molar-refractivity contribution is 0.599. The van der Waals surface area contributed by atoms with Crippen LogP contribution in [0.5, 0.6) is 0 Å². The second-order valence-corrected chi connectivity index (χ2v) is 5.31. The fourth-order valence-corrected chi connectivity index (χ4v) is 2.41. The molecule has 19 heavy (non-hydrogen) atoms. The zero-order valence-electron chi connectivity index (χ0n) is 9.51. The van der Waals surface area contributed by atoms with Crippen LogP contribution in [0.15, 0.2) is 35.4 Å². The van der Waals surface area contributed by atoms with Gasteiger partial charge in [-0.05, 0) is 24.3 Å². The number of sulfonamides is 1. The lowest BCUT2D eigenvalue weighted by Gasteiger charge is -2.07. The summed E-state index contributed by atoms with van der Waals surface area (Å²) in [6.07, 6.45) is 1.23. The van der Waals surface area contributed by atoms with E-state index in [4.69, 9.17) is 11.1 Å². The molecule has 0 bridgehead atoms. The molecule has 0 unspecified atom stereocenters. The molecule has 0 saturated heterocycles. The van der Waals surface area contributed by atoms with Gasteiger partial charge in [0.15, 0.2) is 0 Å². The van der Waals surface area contributed by atoms with Crippen molar-refractivity contribution in [2.45, 2.75) is 4.90 Å². The van der Waals surface area contributed by atoms with Crippen LogP contribution >= 0.6 is 0 Å². The van der Waals surface area contributed by atoms with Crippen LogP contribution in [0.4, 0.5) is 10.2 Å². The summed E-state index contributed by atoms with van der Waals surface area (Å²) < 4.78 is 38.9. The largest absolute Gasteiger partial charge is 0.384 e. The van der Waals surface area contributed by atoms with Gasteiger partial charge in [-0.25, -0.2) is 12.8 Å². The fourth-order valence-electron chi connectivity index (χ4n) is 1.38. The van der Waals surface area contributed by atoms with Gasteiger partial charge in [0.1, 0.15) is 17.5 Å². The lowest BCUT2D eigenvalue weighted by Crippen LogP contribution is -2.18. The Labute approximate surface area is 108 Å². The SMILES string of the molecule is N=C(N)c1cn[nH]c1NS(=O)(=O)c1ccc(F)cc1. The first-order valence-electron chi connectivity index (χ1n) is 5.06. The summed E-state index contributed by atoms with van der Waals surface area (Å²) in [5, 5.41) is 13.3. The fraction of sp³-hybridized carbons (Fsp3) is 0. The number of H-pyrrole nitrogens is 1. The lowest BCUT2D eigenvalue weighted by atomic mass is 10.3. The van der Waals surface area contributed by atoms with Crippen molar-refractivity contribution in [3.8, 4) is 0 Å². The second kappa shape index (κ2) is 4.69. The summed E-state index contributed by atoms with van der Waals surface area (Å²) in [6.45, 7) is 0. The Morgan fingerprint density at radius 3 is 2.58 bits per heavy atom. The van der Waals surface area contributed by atoms with Crippen LogP contribution in [-0.4, -0.2) is 24.5 Å². The van der Waals surface area contributed by atoms with E-state index in [1.54, 1.807) is 0 Å². The summed E-state index contributed by atoms with van der Waals surface area (Å²) >= 11 is 0. The van der Waals surface area contributed by atoms with Crippen LogP contribution in [0.25, 0.3) is 0 Å². The molecule has 0 atom stereocenters. The van der Waals surface area contributed by atoms with Gasteiger partial charge in [-0.3, -0.25) is 15.2 Å². The van der Waals surface area contributed by atoms with Gasteiger partial charge in [-0.2, -0.15) is 5.10 Å². The molecule has 2 aromatic rings. The van der Waals surface area contributed by atoms with E-state index >= 15 is 0 Å². The molecule has 0 aliphatic carbocycles. The maximum Gasteiger partial charge on any atom is 0.263 e. The number of aromatic amines is 1. The maximum atomic E-state index is 12.7. The third-order valence-electron chi connectivity index (χ3n) is 2.29. The van der Waals surface area contributed by atoms with Crippen molar-refractivity contribution in [1.82, 2.24) is 10.2 Å². The molecule has 1 aromatic heterocycles. The van der Waals surface area contributed by atoms with Crippen LogP contribution < -0.4 is 10.5 Å². The van der Waals surface area contributed by atoms with Crippen LogP contribution in [-0.2, 0) is 10.0 Å². The maximum absolute atomic E-state index is 12.7. The molecule has 5 N–H and O–H groups in total. The molecule has 1 heterocycles. The first-order chi connectivity index (χ1) is 8.90. The molecule has 0 spiro atoms. The van der Waals surface area contributed by atoms with E-state index in [9.17, 15) is 12.8 Å². The van der Waals surface area contributed by atoms with Crippen molar-refractivity contribution >= 4 is 21.7 Å². The van der Waals surface area contributed by atoms with E-state index in [0.717, 1.165) is 24.3 Å². The number of halogens is 1. The molecule has 0 amide bonds. The molecule has 0 aliphatic rings. The normalized spacial score (nSPS) is 11.2. The molecular weight excluding hydrogens is 273 g/mol. The molecular formula is C10H10FN5O2S. The van der Waals surface area contributed by atoms with Crippen molar-refractivity contribution in [2.24, 2.45) is 5.73 Å². The van der Waals surface area contributed by atoms with Gasteiger partial charge in [0, 0.05) is 0 Å². The van der Waals surface area contributed by atoms with E-state index in [1.165, 1.54) is 6.20 Å². The molecule has 0 radical (unpaired) electrons. The molecule has 2 rings (SSSR count). The standard InChI is InChI=1S/C10H10FN5O2S/c11-6-1-3-7(4-2-6)19(17,18)16-10-8(9(12)13)5-14-15-10/h1-5H,(H3,12,13)(H2,14,15,16). The molecule has 9 heteroatoms. The number of nitrogens with zero attached hydrogens (tertiary/aromatic N) is 1. The first-order valence-corrected chi connectivity index (χ1v) is 6.54. The van der Waals surface area contributed by atoms with E-state index in [1.807, 2.05) is 0 Å². The zero-order valence-corrected chi connectivity index (χ0v) is 10.3. The number of amidine groups is 1.